The molecule has 0 rings (SSSR count). The third-order valence-corrected chi connectivity index (χ3v) is 2.58. The van der Waals surface area contributed by atoms with Gasteiger partial charge < -0.3 is 14.7 Å². The number of rotatable bonds is 3. The first-order valence-electron chi connectivity index (χ1n) is 3.00. The predicted molar refractivity (Wildman–Crippen MR) is 37.0 cm³/mol. The van der Waals surface area contributed by atoms with Crippen molar-refractivity contribution in [3.8, 4) is 0 Å². The first kappa shape index (κ1) is 14.1. The van der Waals surface area contributed by atoms with Crippen LogP contribution >= 0.6 is 7.94 Å². The van der Waals surface area contributed by atoms with E-state index in [-0.39, 0.29) is 37.7 Å². The Labute approximate surface area is 92.0 Å². The molecule has 1 unspecified atom stereocenters. The molecular weight excluding hydrogens is 179 g/mol. The van der Waals surface area contributed by atoms with E-state index in [0.717, 1.165) is 6.42 Å². The molecule has 0 aliphatic carbocycles. The maximum Gasteiger partial charge on any atom is 2.00 e. The summed E-state index contributed by atoms with van der Waals surface area (Å²) in [7, 11) is -4.27. The van der Waals surface area contributed by atoms with Gasteiger partial charge in [0.25, 0.3) is 0 Å². The molecule has 0 saturated heterocycles. The molecule has 0 aliphatic rings. The molecule has 0 aliphatic heterocycles. The van der Waals surface area contributed by atoms with Crippen LogP contribution < -0.4 is 14.7 Å². The Bertz CT molecular complexity index is 83.5. The van der Waals surface area contributed by atoms with Crippen molar-refractivity contribution >= 4 is 45.7 Å². The van der Waals surface area contributed by atoms with E-state index in [0.29, 0.717) is 6.42 Å². The average Bonchev–Trinajstić information content (AvgIpc) is 1.64. The summed E-state index contributed by atoms with van der Waals surface area (Å²) in [6.07, 6.45) is 1.22. The topological polar surface area (TPSA) is 69.2 Å². The van der Waals surface area contributed by atoms with Crippen LogP contribution in [0.3, 0.4) is 0 Å². The fourth-order valence-corrected chi connectivity index (χ4v) is 1.15. The first-order valence-corrected chi connectivity index (χ1v) is 4.61. The smallest absolute Gasteiger partial charge is 0.687 e. The Morgan fingerprint density at radius 3 is 1.80 bits per heavy atom. The van der Waals surface area contributed by atoms with Gasteiger partial charge in [-0.05, 0) is 13.3 Å². The third kappa shape index (κ3) is 6.29. The Balaban J connectivity index is 0. The molecule has 0 amide bonds. The zero-order valence-corrected chi connectivity index (χ0v) is 9.47. The maximum absolute atomic E-state index is 10.2. The normalized spacial score (nSPS) is 14.1. The minimum absolute atomic E-state index is 0. The summed E-state index contributed by atoms with van der Waals surface area (Å²) in [6, 6.07) is 0. The summed E-state index contributed by atoms with van der Waals surface area (Å²) in [6.45, 7) is 3.30. The quantitative estimate of drug-likeness (QED) is 0.407. The molecule has 0 N–H and O–H groups in total. The molecule has 0 bridgehead atoms. The van der Waals surface area contributed by atoms with Crippen molar-refractivity contribution in [2.75, 3.05) is 0 Å². The van der Waals surface area contributed by atoms with Gasteiger partial charge in [-0.1, -0.05) is 13.3 Å². The van der Waals surface area contributed by atoms with Gasteiger partial charge in [0.2, 0.25) is 0 Å². The van der Waals surface area contributed by atoms with Crippen LogP contribution in [0.1, 0.15) is 26.7 Å². The second kappa shape index (κ2) is 6.13. The van der Waals surface area contributed by atoms with Crippen molar-refractivity contribution in [1.29, 1.82) is 0 Å². The second-order valence-electron chi connectivity index (χ2n) is 2.18. The van der Waals surface area contributed by atoms with Crippen molar-refractivity contribution in [1.82, 2.24) is 0 Å². The summed E-state index contributed by atoms with van der Waals surface area (Å²) in [4.78, 5) is 30.6. The molecule has 0 saturated carbocycles. The van der Waals surface area contributed by atoms with Gasteiger partial charge in [-0.25, -0.2) is 0 Å². The minimum Gasteiger partial charge on any atom is -0.687 e. The van der Waals surface area contributed by atoms with E-state index in [1.54, 1.807) is 0 Å². The molecule has 56 valence electrons. The second-order valence-corrected chi connectivity index (χ2v) is 4.14. The van der Waals surface area contributed by atoms with Crippen molar-refractivity contribution in [2.45, 2.75) is 32.3 Å². The molecule has 0 aromatic carbocycles. The van der Waals surface area contributed by atoms with Crippen LogP contribution in [0.2, 0.25) is 0 Å². The van der Waals surface area contributed by atoms with E-state index in [2.05, 4.69) is 0 Å². The summed E-state index contributed by atoms with van der Waals surface area (Å²) in [5.41, 5.74) is -0.692. The third-order valence-electron chi connectivity index (χ3n) is 1.25. The van der Waals surface area contributed by atoms with Crippen molar-refractivity contribution in [3.63, 3.8) is 0 Å². The largest absolute Gasteiger partial charge is 2.00 e. The molecule has 5 heteroatoms. The van der Waals surface area contributed by atoms with E-state index in [1.807, 2.05) is 6.92 Å². The zero-order valence-electron chi connectivity index (χ0n) is 6.37. The van der Waals surface area contributed by atoms with Gasteiger partial charge in [0.05, 0.1) is 5.66 Å². The summed E-state index contributed by atoms with van der Waals surface area (Å²) < 4.78 is 0. The predicted octanol–water partition coefficient (Wildman–Crippen LogP) is -1.36. The van der Waals surface area contributed by atoms with Gasteiger partial charge in [-0.15, -0.1) is 0 Å². The molecule has 10 heavy (non-hydrogen) atoms. The van der Waals surface area contributed by atoms with Crippen molar-refractivity contribution in [3.05, 3.63) is 0 Å². The molecule has 3 nitrogen and oxygen atoms in total. The minimum atomic E-state index is -4.27. The van der Waals surface area contributed by atoms with Gasteiger partial charge in [-0.3, -0.25) is 0 Å². The molecule has 0 aromatic heterocycles. The van der Waals surface area contributed by atoms with E-state index in [1.165, 1.54) is 6.92 Å². The van der Waals surface area contributed by atoms with Gasteiger partial charge in [0, 0.05) is 0 Å². The average molecular weight is 190 g/mol. The van der Waals surface area contributed by atoms with Gasteiger partial charge in [0.1, 0.15) is 0 Å². The fourth-order valence-electron chi connectivity index (χ4n) is 0.576. The Morgan fingerprint density at radius 1 is 1.30 bits per heavy atom. The molecular formula is C5H11CaO3P. The van der Waals surface area contributed by atoms with Crippen LogP contribution in [-0.4, -0.2) is 43.4 Å². The zero-order chi connectivity index (χ0) is 7.49. The monoisotopic (exact) mass is 190 g/mol. The Kier molecular flexibility index (Phi) is 8.65. The molecule has 0 radical (unpaired) electrons. The molecule has 0 spiro atoms. The summed E-state index contributed by atoms with van der Waals surface area (Å²) in [5, 5.41) is 0. The molecule has 1 atom stereocenters. The first-order chi connectivity index (χ1) is 3.98. The van der Waals surface area contributed by atoms with Crippen LogP contribution in [0.4, 0.5) is 0 Å². The maximum atomic E-state index is 10.2. The van der Waals surface area contributed by atoms with Crippen LogP contribution in [0, 0.1) is 0 Å². The molecule has 0 fully saturated rings. The van der Waals surface area contributed by atoms with E-state index in [9.17, 15) is 14.7 Å². The molecule has 0 heterocycles. The van der Waals surface area contributed by atoms with Gasteiger partial charge in [-0.2, -0.15) is 7.94 Å². The van der Waals surface area contributed by atoms with Gasteiger partial charge >= 0.3 is 37.7 Å². The SMILES string of the molecule is CCCC(C)[P+]([O-])([O-])[O-].[Ca+2]. The number of hydrogen-bond donors (Lipinski definition) is 0. The Hall–Kier alpha value is 1.57. The van der Waals surface area contributed by atoms with Crippen molar-refractivity contribution < 1.29 is 14.7 Å². The number of hydrogen-bond acceptors (Lipinski definition) is 3. The Morgan fingerprint density at radius 2 is 1.70 bits per heavy atom. The van der Waals surface area contributed by atoms with Crippen molar-refractivity contribution in [2.24, 2.45) is 0 Å². The standard InChI is InChI=1S/C5H13O3P.Ca/c1-3-4-5(2)9(6,7)8;/h5H,3-4H2,1-2H3,(H2,6,7,8);/q;+2/p-2. The van der Waals surface area contributed by atoms with E-state index < -0.39 is 13.6 Å². The van der Waals surface area contributed by atoms with Crippen LogP contribution in [0.25, 0.3) is 0 Å². The molecule has 0 aromatic rings. The summed E-state index contributed by atoms with van der Waals surface area (Å²) >= 11 is 0. The fraction of sp³-hybridized carbons (Fsp3) is 1.00. The van der Waals surface area contributed by atoms with E-state index in [4.69, 9.17) is 0 Å². The summed E-state index contributed by atoms with van der Waals surface area (Å²) in [5.74, 6) is 0. The van der Waals surface area contributed by atoms with E-state index >= 15 is 0 Å². The van der Waals surface area contributed by atoms with Crippen LogP contribution in [-0.2, 0) is 0 Å². The van der Waals surface area contributed by atoms with Crippen LogP contribution in [0.5, 0.6) is 0 Å². The van der Waals surface area contributed by atoms with Gasteiger partial charge in [0.15, 0.2) is 0 Å². The van der Waals surface area contributed by atoms with Crippen LogP contribution in [0.15, 0.2) is 0 Å².